The average molecular weight is 273 g/mol. The van der Waals surface area contributed by atoms with E-state index >= 15 is 0 Å². The van der Waals surface area contributed by atoms with E-state index in [0.29, 0.717) is 0 Å². The molecule has 0 amide bonds. The first-order valence-electron chi connectivity index (χ1n) is 7.01. The number of methoxy groups -OCH3 is 1. The lowest BCUT2D eigenvalue weighted by molar-refractivity contribution is 0.400. The molecule has 108 valence electrons. The highest BCUT2D eigenvalue weighted by atomic mass is 16.5. The molecule has 0 fully saturated rings. The molecule has 1 atom stereocenters. The Balaban J connectivity index is 2.26. The van der Waals surface area contributed by atoms with Crippen LogP contribution in [0, 0.1) is 0 Å². The molecule has 1 aromatic carbocycles. The molecule has 0 radical (unpaired) electrons. The van der Waals surface area contributed by atoms with Crippen molar-refractivity contribution < 1.29 is 4.74 Å². The average Bonchev–Trinajstić information content (AvgIpc) is 2.85. The first-order valence-corrected chi connectivity index (χ1v) is 7.01. The van der Waals surface area contributed by atoms with Crippen LogP contribution >= 0.6 is 0 Å². The number of likely N-dealkylation sites (N-methyl/N-ethyl adjacent to an activating group) is 1. The normalized spacial score (nSPS) is 12.4. The number of aromatic nitrogens is 2. The standard InChI is InChI=1S/C16H23N3O/c1-5-12-10-13(19(3)18-12)11-15(17-2)14-8-6-7-9-16(14)20-4/h6-10,15,17H,5,11H2,1-4H3. The van der Waals surface area contributed by atoms with E-state index in [4.69, 9.17) is 4.74 Å². The summed E-state index contributed by atoms with van der Waals surface area (Å²) in [5, 5.41) is 7.89. The van der Waals surface area contributed by atoms with Gasteiger partial charge >= 0.3 is 0 Å². The SMILES string of the molecule is CCc1cc(CC(NC)c2ccccc2OC)n(C)n1. The van der Waals surface area contributed by atoms with Gasteiger partial charge in [-0.2, -0.15) is 5.10 Å². The number of nitrogens with zero attached hydrogens (tertiary/aromatic N) is 2. The number of nitrogens with one attached hydrogen (secondary N) is 1. The van der Waals surface area contributed by atoms with Crippen molar-refractivity contribution in [2.24, 2.45) is 7.05 Å². The second-order valence-corrected chi connectivity index (χ2v) is 4.89. The van der Waals surface area contributed by atoms with Crippen molar-refractivity contribution in [2.45, 2.75) is 25.8 Å². The quantitative estimate of drug-likeness (QED) is 0.879. The summed E-state index contributed by atoms with van der Waals surface area (Å²) >= 11 is 0. The van der Waals surface area contributed by atoms with E-state index in [0.717, 1.165) is 24.3 Å². The number of aryl methyl sites for hydroxylation is 2. The highest BCUT2D eigenvalue weighted by molar-refractivity contribution is 5.36. The molecule has 0 spiro atoms. The largest absolute Gasteiger partial charge is 0.496 e. The van der Waals surface area contributed by atoms with Crippen LogP contribution in [0.3, 0.4) is 0 Å². The van der Waals surface area contributed by atoms with Crippen LogP contribution in [-0.4, -0.2) is 23.9 Å². The van der Waals surface area contributed by atoms with Crippen LogP contribution in [0.2, 0.25) is 0 Å². The van der Waals surface area contributed by atoms with Crippen LogP contribution < -0.4 is 10.1 Å². The molecule has 0 saturated carbocycles. The summed E-state index contributed by atoms with van der Waals surface area (Å²) in [7, 11) is 5.70. The van der Waals surface area contributed by atoms with Gasteiger partial charge in [0.15, 0.2) is 0 Å². The van der Waals surface area contributed by atoms with Gasteiger partial charge in [0.1, 0.15) is 5.75 Å². The van der Waals surface area contributed by atoms with Crippen LogP contribution in [0.5, 0.6) is 5.75 Å². The minimum atomic E-state index is 0.214. The summed E-state index contributed by atoms with van der Waals surface area (Å²) in [6.45, 7) is 2.13. The zero-order valence-electron chi connectivity index (χ0n) is 12.7. The molecule has 4 nitrogen and oxygen atoms in total. The van der Waals surface area contributed by atoms with Gasteiger partial charge in [0.2, 0.25) is 0 Å². The third-order valence-electron chi connectivity index (χ3n) is 3.67. The molecule has 1 heterocycles. The van der Waals surface area contributed by atoms with E-state index in [2.05, 4.69) is 29.5 Å². The van der Waals surface area contributed by atoms with Crippen molar-refractivity contribution >= 4 is 0 Å². The molecule has 1 N–H and O–H groups in total. The molecular weight excluding hydrogens is 250 g/mol. The Morgan fingerprint density at radius 3 is 2.70 bits per heavy atom. The second kappa shape index (κ2) is 6.57. The van der Waals surface area contributed by atoms with Crippen LogP contribution in [0.4, 0.5) is 0 Å². The summed E-state index contributed by atoms with van der Waals surface area (Å²) in [6.07, 6.45) is 1.85. The molecule has 4 heteroatoms. The topological polar surface area (TPSA) is 39.1 Å². The summed E-state index contributed by atoms with van der Waals surface area (Å²) in [5.41, 5.74) is 3.54. The van der Waals surface area contributed by atoms with Crippen molar-refractivity contribution in [1.29, 1.82) is 0 Å². The van der Waals surface area contributed by atoms with Crippen LogP contribution in [0.1, 0.15) is 29.9 Å². The lowest BCUT2D eigenvalue weighted by Crippen LogP contribution is -2.20. The minimum Gasteiger partial charge on any atom is -0.496 e. The summed E-state index contributed by atoms with van der Waals surface area (Å²) in [6, 6.07) is 10.5. The van der Waals surface area contributed by atoms with Crippen LogP contribution in [0.15, 0.2) is 30.3 Å². The molecule has 0 aliphatic carbocycles. The number of hydrogen-bond donors (Lipinski definition) is 1. The maximum absolute atomic E-state index is 5.46. The maximum atomic E-state index is 5.46. The zero-order chi connectivity index (χ0) is 14.5. The monoisotopic (exact) mass is 273 g/mol. The third kappa shape index (κ3) is 3.02. The predicted molar refractivity (Wildman–Crippen MR) is 81.1 cm³/mol. The molecule has 20 heavy (non-hydrogen) atoms. The highest BCUT2D eigenvalue weighted by Crippen LogP contribution is 2.27. The van der Waals surface area contributed by atoms with E-state index in [9.17, 15) is 0 Å². The number of rotatable bonds is 6. The molecule has 2 aromatic rings. The molecule has 0 aliphatic heterocycles. The smallest absolute Gasteiger partial charge is 0.123 e. The van der Waals surface area contributed by atoms with Gasteiger partial charge < -0.3 is 10.1 Å². The predicted octanol–water partition coefficient (Wildman–Crippen LogP) is 2.49. The van der Waals surface area contributed by atoms with Gasteiger partial charge in [0, 0.05) is 30.8 Å². The zero-order valence-corrected chi connectivity index (χ0v) is 12.7. The van der Waals surface area contributed by atoms with Crippen LogP contribution in [0.25, 0.3) is 0 Å². The number of benzene rings is 1. The Labute approximate surface area is 120 Å². The van der Waals surface area contributed by atoms with E-state index in [1.807, 2.05) is 37.0 Å². The van der Waals surface area contributed by atoms with Gasteiger partial charge in [-0.15, -0.1) is 0 Å². The molecular formula is C16H23N3O. The molecule has 0 saturated heterocycles. The van der Waals surface area contributed by atoms with Crippen molar-refractivity contribution in [2.75, 3.05) is 14.2 Å². The van der Waals surface area contributed by atoms with Crippen molar-refractivity contribution in [3.8, 4) is 5.75 Å². The molecule has 1 unspecified atom stereocenters. The number of ether oxygens (including phenoxy) is 1. The lowest BCUT2D eigenvalue weighted by atomic mass is 10.0. The summed E-state index contributed by atoms with van der Waals surface area (Å²) in [4.78, 5) is 0. The fraction of sp³-hybridized carbons (Fsp3) is 0.438. The van der Waals surface area contributed by atoms with Gasteiger partial charge in [-0.25, -0.2) is 0 Å². The molecule has 2 rings (SSSR count). The van der Waals surface area contributed by atoms with Crippen molar-refractivity contribution in [1.82, 2.24) is 15.1 Å². The molecule has 0 bridgehead atoms. The van der Waals surface area contributed by atoms with E-state index in [-0.39, 0.29) is 6.04 Å². The Bertz CT molecular complexity index is 563. The van der Waals surface area contributed by atoms with Gasteiger partial charge in [-0.3, -0.25) is 4.68 Å². The van der Waals surface area contributed by atoms with Gasteiger partial charge in [0.05, 0.1) is 12.8 Å². The Kier molecular flexibility index (Phi) is 4.79. The van der Waals surface area contributed by atoms with E-state index in [1.54, 1.807) is 7.11 Å². The molecule has 1 aromatic heterocycles. The van der Waals surface area contributed by atoms with Crippen molar-refractivity contribution in [3.63, 3.8) is 0 Å². The van der Waals surface area contributed by atoms with Gasteiger partial charge in [0.25, 0.3) is 0 Å². The first kappa shape index (κ1) is 14.6. The van der Waals surface area contributed by atoms with Crippen molar-refractivity contribution in [3.05, 3.63) is 47.3 Å². The fourth-order valence-corrected chi connectivity index (χ4v) is 2.47. The first-order chi connectivity index (χ1) is 9.69. The Morgan fingerprint density at radius 1 is 1.35 bits per heavy atom. The fourth-order valence-electron chi connectivity index (χ4n) is 2.47. The van der Waals surface area contributed by atoms with Gasteiger partial charge in [-0.05, 0) is 25.6 Å². The number of hydrogen-bond acceptors (Lipinski definition) is 3. The van der Waals surface area contributed by atoms with E-state index in [1.165, 1.54) is 11.3 Å². The summed E-state index contributed by atoms with van der Waals surface area (Å²) in [5.74, 6) is 0.921. The summed E-state index contributed by atoms with van der Waals surface area (Å²) < 4.78 is 7.43. The Morgan fingerprint density at radius 2 is 2.10 bits per heavy atom. The second-order valence-electron chi connectivity index (χ2n) is 4.89. The van der Waals surface area contributed by atoms with Gasteiger partial charge in [-0.1, -0.05) is 25.1 Å². The maximum Gasteiger partial charge on any atom is 0.123 e. The van der Waals surface area contributed by atoms with E-state index < -0.39 is 0 Å². The third-order valence-corrected chi connectivity index (χ3v) is 3.67. The highest BCUT2D eigenvalue weighted by Gasteiger charge is 2.16. The Hall–Kier alpha value is -1.81. The minimum absolute atomic E-state index is 0.214. The lowest BCUT2D eigenvalue weighted by Gasteiger charge is -2.19. The van der Waals surface area contributed by atoms with Crippen LogP contribution in [-0.2, 0) is 19.9 Å². The number of para-hydroxylation sites is 1. The molecule has 0 aliphatic rings.